The number of benzene rings is 2. The summed E-state index contributed by atoms with van der Waals surface area (Å²) in [5, 5.41) is 0. The van der Waals surface area contributed by atoms with Gasteiger partial charge in [0.15, 0.2) is 0 Å². The number of para-hydroxylation sites is 2. The maximum Gasteiger partial charge on any atom is 0.144 e. The smallest absolute Gasteiger partial charge is 0.144 e. The highest BCUT2D eigenvalue weighted by molar-refractivity contribution is 5.82. The summed E-state index contributed by atoms with van der Waals surface area (Å²) in [4.78, 5) is 4.48. The molecular formula is C17H19NO2. The van der Waals surface area contributed by atoms with Gasteiger partial charge in [-0.15, -0.1) is 0 Å². The molecule has 0 unspecified atom stereocenters. The lowest BCUT2D eigenvalue weighted by Gasteiger charge is -2.05. The molecule has 0 aliphatic carbocycles. The molecule has 20 heavy (non-hydrogen) atoms. The van der Waals surface area contributed by atoms with Crippen LogP contribution in [0, 0.1) is 0 Å². The number of aliphatic imine (C=N–C) groups is 1. The Kier molecular flexibility index (Phi) is 5.18. The Hall–Kier alpha value is -2.29. The lowest BCUT2D eigenvalue weighted by molar-refractivity contribution is 0.340. The van der Waals surface area contributed by atoms with Gasteiger partial charge in [-0.3, -0.25) is 4.99 Å². The van der Waals surface area contributed by atoms with Crippen LogP contribution in [-0.2, 0) is 0 Å². The highest BCUT2D eigenvalue weighted by atomic mass is 16.5. The molecule has 104 valence electrons. The van der Waals surface area contributed by atoms with Gasteiger partial charge in [0.2, 0.25) is 0 Å². The SMILES string of the molecule is CCOc1ccc(C=Nc2ccccc2OCC)cc1. The third-order valence-corrected chi connectivity index (χ3v) is 2.71. The van der Waals surface area contributed by atoms with Gasteiger partial charge in [-0.1, -0.05) is 12.1 Å². The molecule has 2 rings (SSSR count). The molecule has 0 aliphatic heterocycles. The first kappa shape index (κ1) is 14.1. The number of rotatable bonds is 6. The molecule has 3 nitrogen and oxygen atoms in total. The Bertz CT molecular complexity index is 561. The summed E-state index contributed by atoms with van der Waals surface area (Å²) < 4.78 is 11.0. The van der Waals surface area contributed by atoms with Crippen LogP contribution < -0.4 is 9.47 Å². The molecule has 0 saturated carbocycles. The van der Waals surface area contributed by atoms with E-state index in [2.05, 4.69) is 4.99 Å². The summed E-state index contributed by atoms with van der Waals surface area (Å²) in [5.41, 5.74) is 1.86. The van der Waals surface area contributed by atoms with Crippen molar-refractivity contribution in [3.05, 3.63) is 54.1 Å². The van der Waals surface area contributed by atoms with E-state index >= 15 is 0 Å². The molecule has 0 fully saturated rings. The van der Waals surface area contributed by atoms with Gasteiger partial charge in [-0.05, 0) is 55.8 Å². The molecule has 0 aromatic heterocycles. The fraction of sp³-hybridized carbons (Fsp3) is 0.235. The van der Waals surface area contributed by atoms with Crippen LogP contribution in [0.25, 0.3) is 0 Å². The van der Waals surface area contributed by atoms with E-state index in [-0.39, 0.29) is 0 Å². The van der Waals surface area contributed by atoms with Crippen LogP contribution in [0.4, 0.5) is 5.69 Å². The molecule has 2 aromatic rings. The van der Waals surface area contributed by atoms with Crippen LogP contribution in [-0.4, -0.2) is 19.4 Å². The van der Waals surface area contributed by atoms with Crippen molar-refractivity contribution < 1.29 is 9.47 Å². The summed E-state index contributed by atoms with van der Waals surface area (Å²) in [6, 6.07) is 15.6. The van der Waals surface area contributed by atoms with Crippen LogP contribution in [0.3, 0.4) is 0 Å². The van der Waals surface area contributed by atoms with E-state index < -0.39 is 0 Å². The van der Waals surface area contributed by atoms with Crippen molar-refractivity contribution in [1.29, 1.82) is 0 Å². The molecule has 0 atom stereocenters. The van der Waals surface area contributed by atoms with Gasteiger partial charge in [0.05, 0.1) is 13.2 Å². The quantitative estimate of drug-likeness (QED) is 0.734. The Balaban J connectivity index is 2.12. The molecule has 3 heteroatoms. The molecule has 0 amide bonds. The minimum absolute atomic E-state index is 0.635. The lowest BCUT2D eigenvalue weighted by Crippen LogP contribution is -1.92. The van der Waals surface area contributed by atoms with Crippen LogP contribution in [0.5, 0.6) is 11.5 Å². The first-order chi connectivity index (χ1) is 9.83. The number of hydrogen-bond acceptors (Lipinski definition) is 3. The average molecular weight is 269 g/mol. The molecule has 0 N–H and O–H groups in total. The van der Waals surface area contributed by atoms with Gasteiger partial charge in [0.25, 0.3) is 0 Å². The van der Waals surface area contributed by atoms with E-state index in [1.807, 2.05) is 68.6 Å². The van der Waals surface area contributed by atoms with Crippen LogP contribution >= 0.6 is 0 Å². The first-order valence-electron chi connectivity index (χ1n) is 6.82. The Morgan fingerprint density at radius 2 is 1.60 bits per heavy atom. The van der Waals surface area contributed by atoms with Crippen LogP contribution in [0.15, 0.2) is 53.5 Å². The van der Waals surface area contributed by atoms with Crippen molar-refractivity contribution in [1.82, 2.24) is 0 Å². The molecule has 2 aromatic carbocycles. The van der Waals surface area contributed by atoms with Crippen molar-refractivity contribution in [3.8, 4) is 11.5 Å². The van der Waals surface area contributed by atoms with Crippen molar-refractivity contribution in [2.45, 2.75) is 13.8 Å². The molecule has 0 radical (unpaired) electrons. The zero-order valence-electron chi connectivity index (χ0n) is 11.9. The molecule has 0 saturated heterocycles. The van der Waals surface area contributed by atoms with Gasteiger partial charge >= 0.3 is 0 Å². The van der Waals surface area contributed by atoms with E-state index in [4.69, 9.17) is 9.47 Å². The summed E-state index contributed by atoms with van der Waals surface area (Å²) in [6.45, 7) is 5.25. The second-order valence-electron chi connectivity index (χ2n) is 4.16. The van der Waals surface area contributed by atoms with Crippen molar-refractivity contribution >= 4 is 11.9 Å². The first-order valence-corrected chi connectivity index (χ1v) is 6.82. The fourth-order valence-electron chi connectivity index (χ4n) is 1.80. The third-order valence-electron chi connectivity index (χ3n) is 2.71. The molecule has 0 spiro atoms. The number of ether oxygens (including phenoxy) is 2. The summed E-state index contributed by atoms with van der Waals surface area (Å²) in [6.07, 6.45) is 1.83. The zero-order chi connectivity index (χ0) is 14.2. The van der Waals surface area contributed by atoms with Crippen molar-refractivity contribution in [2.75, 3.05) is 13.2 Å². The third kappa shape index (κ3) is 3.85. The predicted molar refractivity (Wildman–Crippen MR) is 82.5 cm³/mol. The van der Waals surface area contributed by atoms with Crippen molar-refractivity contribution in [3.63, 3.8) is 0 Å². The van der Waals surface area contributed by atoms with Gasteiger partial charge in [0, 0.05) is 6.21 Å². The second kappa shape index (κ2) is 7.34. The summed E-state index contributed by atoms with van der Waals surface area (Å²) in [7, 11) is 0. The highest BCUT2D eigenvalue weighted by Crippen LogP contribution is 2.26. The number of hydrogen-bond donors (Lipinski definition) is 0. The van der Waals surface area contributed by atoms with E-state index in [1.54, 1.807) is 0 Å². The summed E-state index contributed by atoms with van der Waals surface area (Å²) >= 11 is 0. The minimum atomic E-state index is 0.635. The molecule has 0 aliphatic rings. The Labute approximate surface area is 119 Å². The van der Waals surface area contributed by atoms with Crippen LogP contribution in [0.1, 0.15) is 19.4 Å². The standard InChI is InChI=1S/C17H19NO2/c1-3-19-15-11-9-14(10-12-15)13-18-16-7-5-6-8-17(16)20-4-2/h5-13H,3-4H2,1-2H3. The number of nitrogens with zero attached hydrogens (tertiary/aromatic N) is 1. The average Bonchev–Trinajstić information content (AvgIpc) is 2.48. The van der Waals surface area contributed by atoms with Gasteiger partial charge in [0.1, 0.15) is 17.2 Å². The predicted octanol–water partition coefficient (Wildman–Crippen LogP) is 4.23. The van der Waals surface area contributed by atoms with Crippen molar-refractivity contribution in [2.24, 2.45) is 4.99 Å². The van der Waals surface area contributed by atoms with E-state index in [1.165, 1.54) is 0 Å². The fourth-order valence-corrected chi connectivity index (χ4v) is 1.80. The molecular weight excluding hydrogens is 250 g/mol. The maximum absolute atomic E-state index is 5.54. The van der Waals surface area contributed by atoms with Gasteiger partial charge < -0.3 is 9.47 Å². The largest absolute Gasteiger partial charge is 0.494 e. The normalized spacial score (nSPS) is 10.7. The van der Waals surface area contributed by atoms with E-state index in [9.17, 15) is 0 Å². The van der Waals surface area contributed by atoms with Gasteiger partial charge in [-0.2, -0.15) is 0 Å². The van der Waals surface area contributed by atoms with E-state index in [0.29, 0.717) is 13.2 Å². The zero-order valence-corrected chi connectivity index (χ0v) is 11.9. The Morgan fingerprint density at radius 3 is 2.30 bits per heavy atom. The highest BCUT2D eigenvalue weighted by Gasteiger charge is 1.99. The van der Waals surface area contributed by atoms with Gasteiger partial charge in [-0.25, -0.2) is 0 Å². The second-order valence-corrected chi connectivity index (χ2v) is 4.16. The monoisotopic (exact) mass is 269 g/mol. The molecule has 0 bridgehead atoms. The molecule has 0 heterocycles. The maximum atomic E-state index is 5.54. The van der Waals surface area contributed by atoms with E-state index in [0.717, 1.165) is 22.7 Å². The minimum Gasteiger partial charge on any atom is -0.494 e. The Morgan fingerprint density at radius 1 is 0.900 bits per heavy atom. The summed E-state index contributed by atoms with van der Waals surface area (Å²) in [5.74, 6) is 1.68. The topological polar surface area (TPSA) is 30.8 Å². The van der Waals surface area contributed by atoms with Crippen LogP contribution in [0.2, 0.25) is 0 Å². The lowest BCUT2D eigenvalue weighted by atomic mass is 10.2.